The number of sulfone groups is 1. The first kappa shape index (κ1) is 17.7. The monoisotopic (exact) mass is 357 g/mol. The summed E-state index contributed by atoms with van der Waals surface area (Å²) in [4.78, 5) is 13.4. The molecule has 3 rings (SSSR count). The van der Waals surface area contributed by atoms with Gasteiger partial charge in [-0.2, -0.15) is 0 Å². The van der Waals surface area contributed by atoms with E-state index >= 15 is 0 Å². The number of para-hydroxylation sites is 1. The summed E-state index contributed by atoms with van der Waals surface area (Å²) in [6.45, 7) is 2.01. The van der Waals surface area contributed by atoms with Gasteiger partial charge in [0.05, 0.1) is 4.90 Å². The maximum atomic E-state index is 13.3. The second kappa shape index (κ2) is 7.00. The van der Waals surface area contributed by atoms with Crippen LogP contribution >= 0.6 is 0 Å². The van der Waals surface area contributed by atoms with E-state index in [1.165, 1.54) is 0 Å². The first-order valence-electron chi connectivity index (χ1n) is 8.70. The molecule has 1 saturated carbocycles. The normalized spacial score (nSPS) is 16.5. The smallest absolute Gasteiger partial charge is 0.246 e. The molecular formula is C20H23NO3S. The number of anilines is 1. The van der Waals surface area contributed by atoms with Gasteiger partial charge in [0.2, 0.25) is 5.91 Å². The molecule has 0 heterocycles. The molecule has 2 aromatic rings. The summed E-state index contributed by atoms with van der Waals surface area (Å²) in [6, 6.07) is 15.8. The van der Waals surface area contributed by atoms with Gasteiger partial charge < -0.3 is 5.32 Å². The van der Waals surface area contributed by atoms with Crippen LogP contribution in [0.4, 0.5) is 5.69 Å². The predicted octanol–water partition coefficient (Wildman–Crippen LogP) is 3.97. The molecule has 1 N–H and O–H groups in total. The number of rotatable bonds is 5. The Morgan fingerprint density at radius 2 is 1.60 bits per heavy atom. The van der Waals surface area contributed by atoms with E-state index in [9.17, 15) is 13.2 Å². The van der Waals surface area contributed by atoms with Crippen molar-refractivity contribution in [2.75, 3.05) is 5.32 Å². The van der Waals surface area contributed by atoms with Crippen molar-refractivity contribution in [1.82, 2.24) is 0 Å². The minimum absolute atomic E-state index is 0.218. The van der Waals surface area contributed by atoms with Crippen molar-refractivity contribution >= 4 is 21.4 Å². The third kappa shape index (κ3) is 3.09. The number of aryl methyl sites for hydroxylation is 1. The average molecular weight is 357 g/mol. The lowest BCUT2D eigenvalue weighted by Gasteiger charge is -2.28. The number of carbonyl (C=O) groups is 1. The number of hydrogen-bond donors (Lipinski definition) is 1. The van der Waals surface area contributed by atoms with Gasteiger partial charge >= 0.3 is 0 Å². The van der Waals surface area contributed by atoms with E-state index < -0.39 is 20.5 Å². The fourth-order valence-corrected chi connectivity index (χ4v) is 5.66. The van der Waals surface area contributed by atoms with Gasteiger partial charge in [0.25, 0.3) is 0 Å². The molecule has 0 saturated heterocycles. The number of amides is 1. The van der Waals surface area contributed by atoms with Gasteiger partial charge in [-0.1, -0.05) is 56.2 Å². The highest BCUT2D eigenvalue weighted by atomic mass is 32.2. The molecule has 0 spiro atoms. The average Bonchev–Trinajstić information content (AvgIpc) is 3.15. The van der Waals surface area contributed by atoms with Crippen LogP contribution in [0.5, 0.6) is 0 Å². The Kier molecular flexibility index (Phi) is 4.95. The van der Waals surface area contributed by atoms with E-state index in [2.05, 4.69) is 5.32 Å². The van der Waals surface area contributed by atoms with Crippen LogP contribution in [0.3, 0.4) is 0 Å². The number of nitrogens with one attached hydrogen (secondary N) is 1. The van der Waals surface area contributed by atoms with E-state index in [4.69, 9.17) is 0 Å². The van der Waals surface area contributed by atoms with Gasteiger partial charge in [-0.15, -0.1) is 0 Å². The van der Waals surface area contributed by atoms with E-state index in [0.717, 1.165) is 24.8 Å². The highest BCUT2D eigenvalue weighted by molar-refractivity contribution is 7.93. The van der Waals surface area contributed by atoms with Crippen molar-refractivity contribution in [3.63, 3.8) is 0 Å². The minimum Gasteiger partial charge on any atom is -0.324 e. The number of carbonyl (C=O) groups excluding carboxylic acids is 1. The Morgan fingerprint density at radius 1 is 1.00 bits per heavy atom. The van der Waals surface area contributed by atoms with Gasteiger partial charge in [0.1, 0.15) is 0 Å². The second-order valence-electron chi connectivity index (χ2n) is 6.48. The fourth-order valence-electron chi connectivity index (χ4n) is 3.58. The van der Waals surface area contributed by atoms with Crippen molar-refractivity contribution in [2.24, 2.45) is 0 Å². The third-order valence-electron chi connectivity index (χ3n) is 5.04. The van der Waals surface area contributed by atoms with Gasteiger partial charge in [0, 0.05) is 5.69 Å². The molecular weight excluding hydrogens is 334 g/mol. The summed E-state index contributed by atoms with van der Waals surface area (Å²) < 4.78 is 25.2. The van der Waals surface area contributed by atoms with Gasteiger partial charge in [-0.25, -0.2) is 8.42 Å². The molecule has 5 heteroatoms. The molecule has 0 radical (unpaired) electrons. The Labute approximate surface area is 149 Å². The molecule has 1 amide bonds. The largest absolute Gasteiger partial charge is 0.324 e. The number of hydrogen-bond acceptors (Lipinski definition) is 3. The summed E-state index contributed by atoms with van der Waals surface area (Å²) in [6.07, 6.45) is 2.99. The Morgan fingerprint density at radius 3 is 2.24 bits per heavy atom. The fraction of sp³-hybridized carbons (Fsp3) is 0.350. The maximum absolute atomic E-state index is 13.3. The van der Waals surface area contributed by atoms with E-state index in [1.807, 2.05) is 31.2 Å². The Balaban J connectivity index is 1.99. The zero-order chi connectivity index (χ0) is 17.9. The first-order chi connectivity index (χ1) is 12.0. The summed E-state index contributed by atoms with van der Waals surface area (Å²) in [5.74, 6) is -0.408. The topological polar surface area (TPSA) is 63.2 Å². The quantitative estimate of drug-likeness (QED) is 0.880. The molecule has 0 unspecified atom stereocenters. The van der Waals surface area contributed by atoms with Crippen molar-refractivity contribution in [3.8, 4) is 0 Å². The van der Waals surface area contributed by atoms with E-state index in [0.29, 0.717) is 18.5 Å². The lowest BCUT2D eigenvalue weighted by Crippen LogP contribution is -2.47. The van der Waals surface area contributed by atoms with Crippen LogP contribution in [0.1, 0.15) is 38.2 Å². The number of benzene rings is 2. The van der Waals surface area contributed by atoms with Crippen LogP contribution < -0.4 is 5.32 Å². The predicted molar refractivity (Wildman–Crippen MR) is 99.3 cm³/mol. The summed E-state index contributed by atoms with van der Waals surface area (Å²) in [7, 11) is -3.75. The highest BCUT2D eigenvalue weighted by Crippen LogP contribution is 2.41. The standard InChI is InChI=1S/C20H23NO3S/c1-2-16-10-6-7-13-18(16)21-19(22)20(14-8-9-15-20)25(23,24)17-11-4-3-5-12-17/h3-7,10-13H,2,8-9,14-15H2,1H3,(H,21,22). The van der Waals surface area contributed by atoms with Crippen molar-refractivity contribution in [1.29, 1.82) is 0 Å². The molecule has 0 bridgehead atoms. The van der Waals surface area contributed by atoms with E-state index in [1.54, 1.807) is 30.3 Å². The SMILES string of the molecule is CCc1ccccc1NC(=O)C1(S(=O)(=O)c2ccccc2)CCCC1. The molecule has 1 aliphatic carbocycles. The van der Waals surface area contributed by atoms with Gasteiger partial charge in [-0.05, 0) is 43.0 Å². The molecule has 25 heavy (non-hydrogen) atoms. The lowest BCUT2D eigenvalue weighted by atomic mass is 10.0. The zero-order valence-corrected chi connectivity index (χ0v) is 15.2. The van der Waals surface area contributed by atoms with Crippen LogP contribution in [0, 0.1) is 0 Å². The molecule has 0 atom stereocenters. The molecule has 4 nitrogen and oxygen atoms in total. The van der Waals surface area contributed by atoms with E-state index in [-0.39, 0.29) is 4.90 Å². The van der Waals surface area contributed by atoms with Crippen molar-refractivity contribution < 1.29 is 13.2 Å². The lowest BCUT2D eigenvalue weighted by molar-refractivity contribution is -0.118. The minimum atomic E-state index is -3.75. The van der Waals surface area contributed by atoms with Crippen LogP contribution in [0.2, 0.25) is 0 Å². The molecule has 0 aliphatic heterocycles. The summed E-state index contributed by atoms with van der Waals surface area (Å²) >= 11 is 0. The summed E-state index contributed by atoms with van der Waals surface area (Å²) in [5, 5.41) is 2.90. The second-order valence-corrected chi connectivity index (χ2v) is 8.74. The third-order valence-corrected chi connectivity index (χ3v) is 7.55. The Hall–Kier alpha value is -2.14. The molecule has 2 aromatic carbocycles. The molecule has 1 aliphatic rings. The van der Waals surface area contributed by atoms with Crippen LogP contribution in [-0.2, 0) is 21.1 Å². The van der Waals surface area contributed by atoms with Gasteiger partial charge in [0.15, 0.2) is 14.6 Å². The Bertz CT molecular complexity index is 854. The van der Waals surface area contributed by atoms with Crippen molar-refractivity contribution in [2.45, 2.75) is 48.7 Å². The zero-order valence-electron chi connectivity index (χ0n) is 14.4. The van der Waals surface area contributed by atoms with Crippen LogP contribution in [0.25, 0.3) is 0 Å². The van der Waals surface area contributed by atoms with Crippen LogP contribution in [-0.4, -0.2) is 19.1 Å². The molecule has 1 fully saturated rings. The first-order valence-corrected chi connectivity index (χ1v) is 10.2. The molecule has 132 valence electrons. The highest BCUT2D eigenvalue weighted by Gasteiger charge is 2.52. The van der Waals surface area contributed by atoms with Crippen molar-refractivity contribution in [3.05, 3.63) is 60.2 Å². The van der Waals surface area contributed by atoms with Gasteiger partial charge in [-0.3, -0.25) is 4.79 Å². The maximum Gasteiger partial charge on any atom is 0.246 e. The van der Waals surface area contributed by atoms with Crippen LogP contribution in [0.15, 0.2) is 59.5 Å². The molecule has 0 aromatic heterocycles. The summed E-state index contributed by atoms with van der Waals surface area (Å²) in [5.41, 5.74) is 1.70.